The Labute approximate surface area is 94.1 Å². The smallest absolute Gasteiger partial charge is 0.266 e. The maximum atomic E-state index is 11.2. The van der Waals surface area contributed by atoms with E-state index in [1.54, 1.807) is 12.3 Å². The van der Waals surface area contributed by atoms with Crippen molar-refractivity contribution in [2.75, 3.05) is 18.1 Å². The average molecular weight is 223 g/mol. The van der Waals surface area contributed by atoms with E-state index in [9.17, 15) is 4.79 Å². The zero-order valence-corrected chi connectivity index (χ0v) is 9.22. The van der Waals surface area contributed by atoms with Crippen LogP contribution >= 0.6 is 0 Å². The molecule has 0 bridgehead atoms. The molecule has 0 aliphatic carbocycles. The van der Waals surface area contributed by atoms with Crippen molar-refractivity contribution in [3.05, 3.63) is 22.6 Å². The number of aliphatic hydroxyl groups is 1. The highest BCUT2D eigenvalue weighted by molar-refractivity contribution is 5.45. The zero-order valence-electron chi connectivity index (χ0n) is 9.22. The molecule has 0 radical (unpaired) electrons. The number of hydrogen-bond donors (Lipinski definition) is 2. The SMILES string of the molecule is O=c1cc(N2CCCC2CCCO)cn[nH]1. The van der Waals surface area contributed by atoms with E-state index in [1.165, 1.54) is 0 Å². The summed E-state index contributed by atoms with van der Waals surface area (Å²) in [6.45, 7) is 1.21. The highest BCUT2D eigenvalue weighted by Crippen LogP contribution is 2.26. The van der Waals surface area contributed by atoms with Crippen LogP contribution in [0.1, 0.15) is 25.7 Å². The maximum Gasteiger partial charge on any atom is 0.266 e. The molecule has 2 N–H and O–H groups in total. The Morgan fingerprint density at radius 3 is 3.25 bits per heavy atom. The van der Waals surface area contributed by atoms with Gasteiger partial charge < -0.3 is 10.0 Å². The number of H-pyrrole nitrogens is 1. The number of aromatic amines is 1. The molecule has 0 saturated carbocycles. The van der Waals surface area contributed by atoms with E-state index in [0.717, 1.165) is 37.9 Å². The summed E-state index contributed by atoms with van der Waals surface area (Å²) < 4.78 is 0. The van der Waals surface area contributed by atoms with E-state index < -0.39 is 0 Å². The standard InChI is InChI=1S/C11H17N3O2/c15-6-2-4-9-3-1-5-14(9)10-7-11(16)13-12-8-10/h7-9,15H,1-6H2,(H,13,16). The van der Waals surface area contributed by atoms with Crippen LogP contribution in [0.3, 0.4) is 0 Å². The average Bonchev–Trinajstić information content (AvgIpc) is 2.74. The second-order valence-electron chi connectivity index (χ2n) is 4.16. The van der Waals surface area contributed by atoms with Gasteiger partial charge in [-0.05, 0) is 25.7 Å². The second kappa shape index (κ2) is 5.12. The molecule has 1 aliphatic rings. The van der Waals surface area contributed by atoms with Gasteiger partial charge in [0.1, 0.15) is 0 Å². The lowest BCUT2D eigenvalue weighted by molar-refractivity contribution is 0.279. The van der Waals surface area contributed by atoms with Gasteiger partial charge in [0, 0.05) is 25.3 Å². The number of aliphatic hydroxyl groups excluding tert-OH is 1. The topological polar surface area (TPSA) is 69.2 Å². The van der Waals surface area contributed by atoms with Gasteiger partial charge in [-0.25, -0.2) is 5.10 Å². The van der Waals surface area contributed by atoms with Crippen LogP contribution in [0.4, 0.5) is 5.69 Å². The van der Waals surface area contributed by atoms with E-state index in [2.05, 4.69) is 15.1 Å². The molecule has 0 amide bonds. The van der Waals surface area contributed by atoms with Crippen LogP contribution < -0.4 is 10.5 Å². The van der Waals surface area contributed by atoms with Crippen molar-refractivity contribution < 1.29 is 5.11 Å². The summed E-state index contributed by atoms with van der Waals surface area (Å²) in [5.41, 5.74) is 0.731. The Bertz CT molecular complexity index is 391. The third-order valence-electron chi connectivity index (χ3n) is 3.05. The van der Waals surface area contributed by atoms with E-state index in [0.29, 0.717) is 6.04 Å². The maximum absolute atomic E-state index is 11.2. The molecule has 5 heteroatoms. The molecule has 1 aromatic rings. The number of anilines is 1. The third-order valence-corrected chi connectivity index (χ3v) is 3.05. The number of hydrogen-bond acceptors (Lipinski definition) is 4. The molecule has 88 valence electrons. The van der Waals surface area contributed by atoms with Crippen LogP contribution in [0.15, 0.2) is 17.1 Å². The molecule has 1 fully saturated rings. The van der Waals surface area contributed by atoms with Gasteiger partial charge in [-0.15, -0.1) is 0 Å². The molecule has 1 aliphatic heterocycles. The summed E-state index contributed by atoms with van der Waals surface area (Å²) in [6, 6.07) is 2.03. The second-order valence-corrected chi connectivity index (χ2v) is 4.16. The predicted molar refractivity (Wildman–Crippen MR) is 61.5 cm³/mol. The molecule has 1 aromatic heterocycles. The number of nitrogens with one attached hydrogen (secondary N) is 1. The van der Waals surface area contributed by atoms with Crippen LogP contribution in [0, 0.1) is 0 Å². The molecule has 1 saturated heterocycles. The summed E-state index contributed by atoms with van der Waals surface area (Å²) in [6.07, 6.45) is 5.76. The van der Waals surface area contributed by atoms with Gasteiger partial charge in [-0.3, -0.25) is 4.79 Å². The Kier molecular flexibility index (Phi) is 3.56. The molecular weight excluding hydrogens is 206 g/mol. The molecule has 0 aromatic carbocycles. The van der Waals surface area contributed by atoms with Crippen molar-refractivity contribution in [1.29, 1.82) is 0 Å². The van der Waals surface area contributed by atoms with Crippen molar-refractivity contribution in [3.63, 3.8) is 0 Å². The summed E-state index contributed by atoms with van der Waals surface area (Å²) in [5.74, 6) is 0. The fourth-order valence-corrected chi connectivity index (χ4v) is 2.33. The lowest BCUT2D eigenvalue weighted by Crippen LogP contribution is -2.30. The first-order chi connectivity index (χ1) is 7.81. The molecule has 16 heavy (non-hydrogen) atoms. The molecule has 2 heterocycles. The van der Waals surface area contributed by atoms with Gasteiger partial charge >= 0.3 is 0 Å². The van der Waals surface area contributed by atoms with E-state index in [1.807, 2.05) is 0 Å². The van der Waals surface area contributed by atoms with E-state index >= 15 is 0 Å². The van der Waals surface area contributed by atoms with Gasteiger partial charge in [0.2, 0.25) is 0 Å². The monoisotopic (exact) mass is 223 g/mol. The molecule has 0 spiro atoms. The van der Waals surface area contributed by atoms with Crippen molar-refractivity contribution in [3.8, 4) is 0 Å². The van der Waals surface area contributed by atoms with Crippen LogP contribution in [0.2, 0.25) is 0 Å². The van der Waals surface area contributed by atoms with Gasteiger partial charge in [0.25, 0.3) is 5.56 Å². The van der Waals surface area contributed by atoms with Crippen LogP contribution in [-0.2, 0) is 0 Å². The Morgan fingerprint density at radius 1 is 1.62 bits per heavy atom. The van der Waals surface area contributed by atoms with Gasteiger partial charge in [-0.1, -0.05) is 0 Å². The molecule has 1 atom stereocenters. The fraction of sp³-hybridized carbons (Fsp3) is 0.636. The largest absolute Gasteiger partial charge is 0.396 e. The van der Waals surface area contributed by atoms with Crippen molar-refractivity contribution >= 4 is 5.69 Å². The minimum absolute atomic E-state index is 0.162. The molecular formula is C11H17N3O2. The van der Waals surface area contributed by atoms with Gasteiger partial charge in [0.05, 0.1) is 11.9 Å². The summed E-state index contributed by atoms with van der Waals surface area (Å²) in [5, 5.41) is 15.0. The fourth-order valence-electron chi connectivity index (χ4n) is 2.33. The summed E-state index contributed by atoms with van der Waals surface area (Å²) >= 11 is 0. The Hall–Kier alpha value is -1.36. The minimum atomic E-state index is -0.162. The zero-order chi connectivity index (χ0) is 11.4. The highest BCUT2D eigenvalue weighted by atomic mass is 16.2. The van der Waals surface area contributed by atoms with Gasteiger partial charge in [-0.2, -0.15) is 5.10 Å². The lowest BCUT2D eigenvalue weighted by Gasteiger charge is -2.25. The van der Waals surface area contributed by atoms with Gasteiger partial charge in [0.15, 0.2) is 0 Å². The Morgan fingerprint density at radius 2 is 2.50 bits per heavy atom. The quantitative estimate of drug-likeness (QED) is 0.780. The minimum Gasteiger partial charge on any atom is -0.396 e. The number of aromatic nitrogens is 2. The number of nitrogens with zero attached hydrogens (tertiary/aromatic N) is 2. The third kappa shape index (κ3) is 2.41. The van der Waals surface area contributed by atoms with Crippen molar-refractivity contribution in [2.45, 2.75) is 31.7 Å². The first kappa shape index (κ1) is 11.1. The first-order valence-electron chi connectivity index (χ1n) is 5.73. The highest BCUT2D eigenvalue weighted by Gasteiger charge is 2.24. The molecule has 1 unspecified atom stereocenters. The van der Waals surface area contributed by atoms with Crippen molar-refractivity contribution in [1.82, 2.24) is 10.2 Å². The molecule has 5 nitrogen and oxygen atoms in total. The number of rotatable bonds is 4. The van der Waals surface area contributed by atoms with E-state index in [4.69, 9.17) is 5.11 Å². The Balaban J connectivity index is 2.10. The summed E-state index contributed by atoms with van der Waals surface area (Å²) in [7, 11) is 0. The van der Waals surface area contributed by atoms with Crippen LogP contribution in [0.5, 0.6) is 0 Å². The lowest BCUT2D eigenvalue weighted by atomic mass is 10.1. The summed E-state index contributed by atoms with van der Waals surface area (Å²) in [4.78, 5) is 13.4. The molecule has 2 rings (SSSR count). The predicted octanol–water partition coefficient (Wildman–Crippen LogP) is 0.511. The van der Waals surface area contributed by atoms with Crippen LogP contribution in [0.25, 0.3) is 0 Å². The first-order valence-corrected chi connectivity index (χ1v) is 5.73. The van der Waals surface area contributed by atoms with Crippen LogP contribution in [-0.4, -0.2) is 34.5 Å². The van der Waals surface area contributed by atoms with E-state index in [-0.39, 0.29) is 12.2 Å². The van der Waals surface area contributed by atoms with Crippen molar-refractivity contribution in [2.24, 2.45) is 0 Å². The normalized spacial score (nSPS) is 20.3.